The number of benzene rings is 6. The molecule has 0 aliphatic carbocycles. The van der Waals surface area contributed by atoms with Crippen LogP contribution in [0.1, 0.15) is 0 Å². The van der Waals surface area contributed by atoms with Gasteiger partial charge in [-0.15, -0.1) is 0 Å². The van der Waals surface area contributed by atoms with Crippen LogP contribution in [0.2, 0.25) is 0 Å². The number of pyridine rings is 2. The first-order valence-electron chi connectivity index (χ1n) is 19.6. The van der Waals surface area contributed by atoms with Gasteiger partial charge in [-0.05, 0) is 84.9 Å². The number of fused-ring (bicyclic) bond motifs is 9. The van der Waals surface area contributed by atoms with Gasteiger partial charge in [-0.2, -0.15) is 18.7 Å². The number of halogens is 2. The molecule has 0 unspecified atom stereocenters. The van der Waals surface area contributed by atoms with E-state index in [0.717, 1.165) is 66.0 Å². The monoisotopic (exact) mass is 797 g/mol. The van der Waals surface area contributed by atoms with Crippen molar-refractivity contribution in [3.05, 3.63) is 188 Å². The van der Waals surface area contributed by atoms with E-state index in [1.165, 1.54) is 0 Å². The number of ether oxygens (including phenoxy) is 2. The number of nitrogens with zero attached hydrogens (tertiary/aromatic N) is 7. The smallest absolute Gasteiger partial charge is 0.240 e. The van der Waals surface area contributed by atoms with Crippen molar-refractivity contribution in [2.45, 2.75) is 0 Å². The van der Waals surface area contributed by atoms with Gasteiger partial charge in [0.15, 0.2) is 0 Å². The van der Waals surface area contributed by atoms with Crippen LogP contribution in [0.5, 0.6) is 23.0 Å². The second-order valence-electron chi connectivity index (χ2n) is 14.6. The summed E-state index contributed by atoms with van der Waals surface area (Å²) in [6, 6.07) is 51.9. The highest BCUT2D eigenvalue weighted by Crippen LogP contribution is 2.40. The molecule has 0 aliphatic rings. The topological polar surface area (TPSA) is 84.8 Å². The van der Waals surface area contributed by atoms with E-state index in [1.54, 1.807) is 17.0 Å². The molecule has 6 heterocycles. The van der Waals surface area contributed by atoms with Gasteiger partial charge in [-0.25, -0.2) is 9.97 Å². The fraction of sp³-hybridized carbons (Fsp3) is 0. The molecule has 6 aromatic heterocycles. The summed E-state index contributed by atoms with van der Waals surface area (Å²) in [5, 5.41) is 5.91. The summed E-state index contributed by atoms with van der Waals surface area (Å²) in [5.74, 6) is 1.61. The van der Waals surface area contributed by atoms with E-state index in [1.807, 2.05) is 133 Å². The van der Waals surface area contributed by atoms with Gasteiger partial charge in [-0.1, -0.05) is 48.5 Å². The van der Waals surface area contributed by atoms with Crippen molar-refractivity contribution in [3.8, 4) is 40.6 Å². The Labute approximate surface area is 345 Å². The van der Waals surface area contributed by atoms with Crippen molar-refractivity contribution in [1.82, 2.24) is 33.6 Å². The molecule has 290 valence electrons. The fourth-order valence-corrected chi connectivity index (χ4v) is 8.57. The summed E-state index contributed by atoms with van der Waals surface area (Å²) < 4.78 is 48.6. The van der Waals surface area contributed by atoms with E-state index in [9.17, 15) is 8.78 Å². The molecule has 12 aromatic rings. The summed E-state index contributed by atoms with van der Waals surface area (Å²) in [6.07, 6.45) is 3.55. The summed E-state index contributed by atoms with van der Waals surface area (Å²) in [5.41, 5.74) is 5.08. The molecule has 11 heteroatoms. The highest BCUT2D eigenvalue weighted by molar-refractivity contribution is 6.11. The number of aromatic nitrogens is 7. The first-order chi connectivity index (χ1) is 30.0. The zero-order valence-corrected chi connectivity index (χ0v) is 31.9. The van der Waals surface area contributed by atoms with Gasteiger partial charge >= 0.3 is 0 Å². The fourth-order valence-electron chi connectivity index (χ4n) is 8.57. The third-order valence-electron chi connectivity index (χ3n) is 11.1. The predicted molar refractivity (Wildman–Crippen MR) is 234 cm³/mol. The first kappa shape index (κ1) is 34.6. The van der Waals surface area contributed by atoms with Gasteiger partial charge in [0.2, 0.25) is 17.8 Å². The van der Waals surface area contributed by atoms with Crippen LogP contribution in [-0.2, 0) is 0 Å². The van der Waals surface area contributed by atoms with Crippen LogP contribution < -0.4 is 9.47 Å². The number of hydrogen-bond acceptors (Lipinski definition) is 6. The van der Waals surface area contributed by atoms with Crippen LogP contribution in [0.25, 0.3) is 83.0 Å². The Bertz CT molecular complexity index is 3460. The first-order valence-corrected chi connectivity index (χ1v) is 19.6. The average Bonchev–Trinajstić information content (AvgIpc) is 3.91. The lowest BCUT2D eigenvalue weighted by Gasteiger charge is -2.11. The van der Waals surface area contributed by atoms with E-state index in [-0.39, 0.29) is 5.95 Å². The van der Waals surface area contributed by atoms with Crippen LogP contribution in [0.3, 0.4) is 0 Å². The third-order valence-corrected chi connectivity index (χ3v) is 11.1. The second kappa shape index (κ2) is 13.6. The molecule has 12 rings (SSSR count). The Morgan fingerprint density at radius 3 is 1.10 bits per heavy atom. The molecule has 0 bridgehead atoms. The van der Waals surface area contributed by atoms with E-state index in [4.69, 9.17) is 9.47 Å². The Kier molecular flexibility index (Phi) is 7.69. The minimum atomic E-state index is -0.995. The summed E-state index contributed by atoms with van der Waals surface area (Å²) in [4.78, 5) is 17.4. The van der Waals surface area contributed by atoms with E-state index < -0.39 is 11.9 Å². The molecule has 61 heavy (non-hydrogen) atoms. The van der Waals surface area contributed by atoms with Crippen molar-refractivity contribution in [2.24, 2.45) is 0 Å². The molecule has 0 spiro atoms. The Morgan fingerprint density at radius 1 is 0.344 bits per heavy atom. The molecule has 0 aliphatic heterocycles. The van der Waals surface area contributed by atoms with Crippen molar-refractivity contribution in [3.63, 3.8) is 0 Å². The van der Waals surface area contributed by atoms with Crippen LogP contribution in [0.15, 0.2) is 176 Å². The van der Waals surface area contributed by atoms with Crippen molar-refractivity contribution < 1.29 is 18.3 Å². The molecule has 0 N–H and O–H groups in total. The zero-order chi connectivity index (χ0) is 40.6. The van der Waals surface area contributed by atoms with E-state index in [2.05, 4.69) is 53.3 Å². The van der Waals surface area contributed by atoms with Crippen LogP contribution in [-0.4, -0.2) is 33.6 Å². The lowest BCUT2D eigenvalue weighted by molar-refractivity contribution is 0.484. The Balaban J connectivity index is 0.972. The van der Waals surface area contributed by atoms with Crippen LogP contribution in [0, 0.1) is 11.9 Å². The van der Waals surface area contributed by atoms with E-state index in [0.29, 0.717) is 40.1 Å². The molecule has 0 saturated heterocycles. The number of para-hydroxylation sites is 2. The maximum atomic E-state index is 14.8. The van der Waals surface area contributed by atoms with Gasteiger partial charge in [-0.3, -0.25) is 13.7 Å². The molecular weight excluding hydrogens is 769 g/mol. The highest BCUT2D eigenvalue weighted by atomic mass is 19.1. The zero-order valence-electron chi connectivity index (χ0n) is 31.9. The summed E-state index contributed by atoms with van der Waals surface area (Å²) in [6.45, 7) is 0. The highest BCUT2D eigenvalue weighted by Gasteiger charge is 2.20. The maximum absolute atomic E-state index is 14.8. The van der Waals surface area contributed by atoms with Gasteiger partial charge in [0, 0.05) is 75.0 Å². The van der Waals surface area contributed by atoms with E-state index >= 15 is 0 Å². The lowest BCUT2D eigenvalue weighted by atomic mass is 10.1. The molecule has 6 aromatic carbocycles. The van der Waals surface area contributed by atoms with Gasteiger partial charge in [0.05, 0.1) is 33.1 Å². The molecule has 0 saturated carbocycles. The van der Waals surface area contributed by atoms with Crippen molar-refractivity contribution in [2.75, 3.05) is 0 Å². The summed E-state index contributed by atoms with van der Waals surface area (Å²) >= 11 is 0. The molecule has 0 radical (unpaired) electrons. The predicted octanol–water partition coefficient (Wildman–Crippen LogP) is 12.4. The largest absolute Gasteiger partial charge is 0.457 e. The Morgan fingerprint density at radius 2 is 0.705 bits per heavy atom. The quantitative estimate of drug-likeness (QED) is 0.149. The minimum absolute atomic E-state index is 0.172. The standard InChI is InChI=1S/C50H29F2N7O2/c51-46-29-47(52)56-50(55-46)59-44-27-32(60-30-15-19-36-34-9-1-3-11-40(34)57(42(36)25-30)48-13-5-7-23-53-48)17-21-38(44)39-22-18-33(28-45(39)59)61-31-16-20-37-35-10-2-4-12-41(35)58(43(37)26-31)49-14-6-8-24-54-49/h1-29H. The number of hydrogen-bond donors (Lipinski definition) is 0. The van der Waals surface area contributed by atoms with Gasteiger partial charge in [0.25, 0.3) is 0 Å². The van der Waals surface area contributed by atoms with Crippen LogP contribution in [0.4, 0.5) is 8.78 Å². The normalized spacial score (nSPS) is 11.8. The molecular formula is C50H29F2N7O2. The maximum Gasteiger partial charge on any atom is 0.240 e. The van der Waals surface area contributed by atoms with Gasteiger partial charge < -0.3 is 9.47 Å². The second-order valence-corrected chi connectivity index (χ2v) is 14.6. The molecule has 0 amide bonds. The SMILES string of the molecule is Fc1cc(F)nc(-n2c3cc(Oc4ccc5c6ccccc6n(-c6ccccn6)c5c4)ccc3c3ccc(Oc4ccc5c6ccccc6n(-c6ccccn6)c5c4)cc32)n1. The van der Waals surface area contributed by atoms with Crippen molar-refractivity contribution >= 4 is 65.4 Å². The molecule has 9 nitrogen and oxygen atoms in total. The molecule has 0 atom stereocenters. The average molecular weight is 798 g/mol. The summed E-state index contributed by atoms with van der Waals surface area (Å²) in [7, 11) is 0. The van der Waals surface area contributed by atoms with Crippen LogP contribution >= 0.6 is 0 Å². The van der Waals surface area contributed by atoms with Crippen molar-refractivity contribution in [1.29, 1.82) is 0 Å². The number of rotatable bonds is 7. The lowest BCUT2D eigenvalue weighted by Crippen LogP contribution is -2.04. The van der Waals surface area contributed by atoms with Gasteiger partial charge in [0.1, 0.15) is 34.6 Å². The minimum Gasteiger partial charge on any atom is -0.457 e. The third kappa shape index (κ3) is 5.66. The Hall–Kier alpha value is -8.44. The molecule has 0 fully saturated rings.